The van der Waals surface area contributed by atoms with Gasteiger partial charge in [-0.25, -0.2) is 0 Å². The van der Waals surface area contributed by atoms with Crippen molar-refractivity contribution >= 4 is 18.3 Å². The Hall–Kier alpha value is -0.360. The van der Waals surface area contributed by atoms with Gasteiger partial charge in [0.05, 0.1) is 12.7 Å². The maximum atomic E-state index is 12.3. The summed E-state index contributed by atoms with van der Waals surface area (Å²) in [7, 11) is 0. The summed E-state index contributed by atoms with van der Waals surface area (Å²) in [6.07, 6.45) is 5.99. The van der Waals surface area contributed by atoms with E-state index >= 15 is 0 Å². The van der Waals surface area contributed by atoms with Crippen LogP contribution in [0.25, 0.3) is 0 Å². The molecule has 1 saturated carbocycles. The minimum absolute atomic E-state index is 0. The molecule has 3 rings (SSSR count). The molecule has 2 atom stereocenters. The predicted octanol–water partition coefficient (Wildman–Crippen LogP) is 1.09. The van der Waals surface area contributed by atoms with Crippen molar-refractivity contribution in [3.8, 4) is 0 Å². The van der Waals surface area contributed by atoms with E-state index in [9.17, 15) is 4.79 Å². The highest BCUT2D eigenvalue weighted by Crippen LogP contribution is 2.33. The fourth-order valence-corrected chi connectivity index (χ4v) is 3.24. The number of hydrogen-bond acceptors (Lipinski definition) is 4. The summed E-state index contributed by atoms with van der Waals surface area (Å²) in [6, 6.07) is 0. The first-order chi connectivity index (χ1) is 9.16. The van der Waals surface area contributed by atoms with Crippen molar-refractivity contribution < 1.29 is 14.3 Å². The second-order valence-corrected chi connectivity index (χ2v) is 6.19. The molecule has 2 aliphatic heterocycles. The minimum atomic E-state index is -0.227. The number of hydrogen-bond donors (Lipinski definition) is 1. The quantitative estimate of drug-likeness (QED) is 0.847. The number of morpholine rings is 1. The molecule has 2 N–H and O–H groups in total. The fourth-order valence-electron chi connectivity index (χ4n) is 3.24. The third kappa shape index (κ3) is 3.45. The van der Waals surface area contributed by atoms with Gasteiger partial charge in [0.25, 0.3) is 0 Å². The number of ether oxygens (including phenoxy) is 2. The number of halogens is 1. The van der Waals surface area contributed by atoms with Gasteiger partial charge in [-0.2, -0.15) is 0 Å². The van der Waals surface area contributed by atoms with Gasteiger partial charge in [0.2, 0.25) is 5.91 Å². The standard InChI is InChI=1S/C14H24N2O3.ClH/c15-14(4-2-5-14)9-13(17)16-6-8-19-12(10-16)11-3-1-7-18-11;/h11-12H,1-10,15H2;1H. The van der Waals surface area contributed by atoms with E-state index in [4.69, 9.17) is 15.2 Å². The average molecular weight is 305 g/mol. The minimum Gasteiger partial charge on any atom is -0.375 e. The van der Waals surface area contributed by atoms with Crippen molar-refractivity contribution in [1.29, 1.82) is 0 Å². The lowest BCUT2D eigenvalue weighted by atomic mass is 9.75. The zero-order valence-electron chi connectivity index (χ0n) is 11.9. The number of nitrogens with zero attached hydrogens (tertiary/aromatic N) is 1. The highest BCUT2D eigenvalue weighted by Gasteiger charge is 2.38. The maximum absolute atomic E-state index is 12.3. The lowest BCUT2D eigenvalue weighted by Gasteiger charge is -2.41. The smallest absolute Gasteiger partial charge is 0.224 e. The Labute approximate surface area is 126 Å². The number of amides is 1. The lowest BCUT2D eigenvalue weighted by Crippen LogP contribution is -2.54. The van der Waals surface area contributed by atoms with Crippen molar-refractivity contribution in [3.05, 3.63) is 0 Å². The molecule has 0 aromatic carbocycles. The summed E-state index contributed by atoms with van der Waals surface area (Å²) in [6.45, 7) is 2.80. The Morgan fingerprint density at radius 2 is 1.95 bits per heavy atom. The van der Waals surface area contributed by atoms with Gasteiger partial charge < -0.3 is 20.1 Å². The molecule has 1 aliphatic carbocycles. The monoisotopic (exact) mass is 304 g/mol. The van der Waals surface area contributed by atoms with Crippen LogP contribution in [0.3, 0.4) is 0 Å². The van der Waals surface area contributed by atoms with Gasteiger partial charge in [0, 0.05) is 31.7 Å². The second kappa shape index (κ2) is 6.60. The summed E-state index contributed by atoms with van der Waals surface area (Å²) in [5, 5.41) is 0. The number of nitrogens with two attached hydrogens (primary N) is 1. The van der Waals surface area contributed by atoms with E-state index in [0.717, 1.165) is 38.7 Å². The van der Waals surface area contributed by atoms with Crippen molar-refractivity contribution in [2.45, 2.75) is 56.3 Å². The summed E-state index contributed by atoms with van der Waals surface area (Å²) in [5.74, 6) is 0.188. The third-order valence-electron chi connectivity index (χ3n) is 4.68. The molecule has 2 heterocycles. The normalized spacial score (nSPS) is 32.4. The number of carbonyl (C=O) groups excluding carboxylic acids is 1. The third-order valence-corrected chi connectivity index (χ3v) is 4.68. The second-order valence-electron chi connectivity index (χ2n) is 6.19. The van der Waals surface area contributed by atoms with Crippen LogP contribution in [0.15, 0.2) is 0 Å². The maximum Gasteiger partial charge on any atom is 0.224 e. The molecule has 0 spiro atoms. The van der Waals surface area contributed by atoms with Crippen LogP contribution in [0.4, 0.5) is 0 Å². The van der Waals surface area contributed by atoms with E-state index in [1.807, 2.05) is 4.90 Å². The predicted molar refractivity (Wildman–Crippen MR) is 77.9 cm³/mol. The molecule has 1 amide bonds. The zero-order chi connectivity index (χ0) is 13.3. The molecule has 0 aromatic rings. The van der Waals surface area contributed by atoms with Gasteiger partial charge in [0.15, 0.2) is 0 Å². The van der Waals surface area contributed by atoms with Crippen LogP contribution in [-0.2, 0) is 14.3 Å². The average Bonchev–Trinajstić information content (AvgIpc) is 2.91. The van der Waals surface area contributed by atoms with Crippen LogP contribution in [0, 0.1) is 0 Å². The molecule has 3 fully saturated rings. The van der Waals surface area contributed by atoms with E-state index in [0.29, 0.717) is 26.1 Å². The molecular formula is C14H25ClN2O3. The SMILES string of the molecule is Cl.NC1(CC(=O)N2CCOC(C3CCCO3)C2)CCC1. The molecule has 6 heteroatoms. The van der Waals surface area contributed by atoms with Crippen LogP contribution in [0.2, 0.25) is 0 Å². The molecule has 2 saturated heterocycles. The van der Waals surface area contributed by atoms with Crippen LogP contribution in [0.5, 0.6) is 0 Å². The number of rotatable bonds is 3. The highest BCUT2D eigenvalue weighted by molar-refractivity contribution is 5.85. The van der Waals surface area contributed by atoms with Crippen molar-refractivity contribution in [2.24, 2.45) is 5.73 Å². The Balaban J connectivity index is 0.00000147. The molecule has 20 heavy (non-hydrogen) atoms. The molecular weight excluding hydrogens is 280 g/mol. The molecule has 2 unspecified atom stereocenters. The van der Waals surface area contributed by atoms with E-state index in [1.54, 1.807) is 0 Å². The molecule has 0 bridgehead atoms. The Morgan fingerprint density at radius 3 is 2.55 bits per heavy atom. The van der Waals surface area contributed by atoms with Crippen LogP contribution < -0.4 is 5.73 Å². The fraction of sp³-hybridized carbons (Fsp3) is 0.929. The summed E-state index contributed by atoms with van der Waals surface area (Å²) >= 11 is 0. The Kier molecular flexibility index (Phi) is 5.29. The first-order valence-electron chi connectivity index (χ1n) is 7.46. The summed E-state index contributed by atoms with van der Waals surface area (Å²) < 4.78 is 11.4. The van der Waals surface area contributed by atoms with E-state index in [1.165, 1.54) is 0 Å². The van der Waals surface area contributed by atoms with Crippen molar-refractivity contribution in [3.63, 3.8) is 0 Å². The Morgan fingerprint density at radius 1 is 1.20 bits per heavy atom. The van der Waals surface area contributed by atoms with E-state index < -0.39 is 0 Å². The van der Waals surface area contributed by atoms with E-state index in [-0.39, 0.29) is 36.1 Å². The van der Waals surface area contributed by atoms with Crippen LogP contribution >= 0.6 is 12.4 Å². The van der Waals surface area contributed by atoms with E-state index in [2.05, 4.69) is 0 Å². The van der Waals surface area contributed by atoms with Gasteiger partial charge in [-0.05, 0) is 32.1 Å². The molecule has 0 aromatic heterocycles. The van der Waals surface area contributed by atoms with Crippen LogP contribution in [-0.4, -0.2) is 54.9 Å². The Bertz CT molecular complexity index is 343. The zero-order valence-corrected chi connectivity index (χ0v) is 12.7. The lowest BCUT2D eigenvalue weighted by molar-refractivity contribution is -0.146. The summed E-state index contributed by atoms with van der Waals surface area (Å²) in [5.41, 5.74) is 5.94. The van der Waals surface area contributed by atoms with Gasteiger partial charge in [-0.15, -0.1) is 12.4 Å². The summed E-state index contributed by atoms with van der Waals surface area (Å²) in [4.78, 5) is 14.2. The van der Waals surface area contributed by atoms with Gasteiger partial charge in [-0.3, -0.25) is 4.79 Å². The van der Waals surface area contributed by atoms with Crippen LogP contribution in [0.1, 0.15) is 38.5 Å². The first kappa shape index (κ1) is 16.0. The van der Waals surface area contributed by atoms with Crippen molar-refractivity contribution in [1.82, 2.24) is 4.90 Å². The number of carbonyl (C=O) groups is 1. The van der Waals surface area contributed by atoms with Gasteiger partial charge in [-0.1, -0.05) is 0 Å². The topological polar surface area (TPSA) is 64.8 Å². The molecule has 0 radical (unpaired) electrons. The molecule has 116 valence electrons. The molecule has 3 aliphatic rings. The first-order valence-corrected chi connectivity index (χ1v) is 7.46. The molecule has 5 nitrogen and oxygen atoms in total. The van der Waals surface area contributed by atoms with Crippen molar-refractivity contribution in [2.75, 3.05) is 26.3 Å². The van der Waals surface area contributed by atoms with Gasteiger partial charge in [0.1, 0.15) is 6.10 Å². The largest absolute Gasteiger partial charge is 0.375 e. The van der Waals surface area contributed by atoms with Gasteiger partial charge >= 0.3 is 0 Å². The highest BCUT2D eigenvalue weighted by atomic mass is 35.5.